The van der Waals surface area contributed by atoms with E-state index < -0.39 is 4.92 Å². The van der Waals surface area contributed by atoms with E-state index in [2.05, 4.69) is 10.6 Å². The van der Waals surface area contributed by atoms with Gasteiger partial charge in [-0.1, -0.05) is 0 Å². The van der Waals surface area contributed by atoms with Gasteiger partial charge in [-0.25, -0.2) is 0 Å². The van der Waals surface area contributed by atoms with Crippen molar-refractivity contribution in [3.63, 3.8) is 0 Å². The van der Waals surface area contributed by atoms with Crippen LogP contribution >= 0.6 is 0 Å². The van der Waals surface area contributed by atoms with Gasteiger partial charge in [0, 0.05) is 37.3 Å². The van der Waals surface area contributed by atoms with E-state index in [1.165, 1.54) is 12.1 Å². The van der Waals surface area contributed by atoms with Gasteiger partial charge in [0.1, 0.15) is 5.75 Å². The van der Waals surface area contributed by atoms with Gasteiger partial charge >= 0.3 is 0 Å². The van der Waals surface area contributed by atoms with E-state index in [1.54, 1.807) is 13.0 Å². The molecule has 0 aliphatic carbocycles. The molecule has 0 fully saturated rings. The van der Waals surface area contributed by atoms with Crippen LogP contribution in [0.3, 0.4) is 0 Å². The fourth-order valence-electron chi connectivity index (χ4n) is 1.65. The molecule has 0 radical (unpaired) electrons. The van der Waals surface area contributed by atoms with Gasteiger partial charge in [-0.15, -0.1) is 0 Å². The van der Waals surface area contributed by atoms with Crippen molar-refractivity contribution in [1.29, 1.82) is 0 Å². The van der Waals surface area contributed by atoms with E-state index in [0.29, 0.717) is 37.6 Å². The third kappa shape index (κ3) is 5.13. The lowest BCUT2D eigenvalue weighted by Crippen LogP contribution is -2.24. The Morgan fingerprint density at radius 2 is 2.10 bits per heavy atom. The summed E-state index contributed by atoms with van der Waals surface area (Å²) in [6.45, 7) is 5.07. The minimum absolute atomic E-state index is 0.0449. The number of carbonyl (C=O) groups excluding carboxylic acids is 1. The predicted molar refractivity (Wildman–Crippen MR) is 76.1 cm³/mol. The van der Waals surface area contributed by atoms with Gasteiger partial charge in [-0.2, -0.15) is 0 Å². The number of nitrogens with zero attached hydrogens (tertiary/aromatic N) is 1. The molecule has 1 aromatic carbocycles. The number of carbonyl (C=O) groups is 1. The number of rotatable bonds is 8. The van der Waals surface area contributed by atoms with Gasteiger partial charge in [0.25, 0.3) is 5.69 Å². The molecule has 0 bridgehead atoms. The Labute approximate surface area is 117 Å². The molecular formula is C13H19N3O4. The second-order valence-corrected chi connectivity index (χ2v) is 4.04. The molecule has 0 spiro atoms. The van der Waals surface area contributed by atoms with Crippen LogP contribution in [0.5, 0.6) is 5.75 Å². The summed E-state index contributed by atoms with van der Waals surface area (Å²) in [5.74, 6) is 0.373. The summed E-state index contributed by atoms with van der Waals surface area (Å²) in [7, 11) is 0. The number of hydrogen-bond donors (Lipinski definition) is 2. The largest absolute Gasteiger partial charge is 0.494 e. The third-order valence-electron chi connectivity index (χ3n) is 2.47. The van der Waals surface area contributed by atoms with Crippen LogP contribution < -0.4 is 15.4 Å². The van der Waals surface area contributed by atoms with Crippen molar-refractivity contribution in [3.8, 4) is 5.75 Å². The van der Waals surface area contributed by atoms with E-state index in [0.717, 1.165) is 0 Å². The molecule has 110 valence electrons. The molecule has 0 saturated heterocycles. The highest BCUT2D eigenvalue weighted by Crippen LogP contribution is 2.26. The van der Waals surface area contributed by atoms with E-state index in [-0.39, 0.29) is 11.6 Å². The molecule has 20 heavy (non-hydrogen) atoms. The summed E-state index contributed by atoms with van der Waals surface area (Å²) < 4.78 is 5.28. The maximum absolute atomic E-state index is 11.3. The van der Waals surface area contributed by atoms with E-state index >= 15 is 0 Å². The zero-order valence-electron chi connectivity index (χ0n) is 11.6. The molecule has 0 aromatic heterocycles. The number of nitro benzene ring substituents is 1. The summed E-state index contributed by atoms with van der Waals surface area (Å²) in [6, 6.07) is 4.47. The van der Waals surface area contributed by atoms with Crippen LogP contribution in [0, 0.1) is 10.1 Å². The molecule has 0 aliphatic rings. The second kappa shape index (κ2) is 7.98. The fraction of sp³-hybridized carbons (Fsp3) is 0.462. The Hall–Kier alpha value is -2.31. The summed E-state index contributed by atoms with van der Waals surface area (Å²) in [6.07, 6.45) is 0.306. The van der Waals surface area contributed by atoms with Gasteiger partial charge in [-0.05, 0) is 13.8 Å². The summed E-state index contributed by atoms with van der Waals surface area (Å²) in [5.41, 5.74) is 0.517. The Morgan fingerprint density at radius 3 is 2.70 bits per heavy atom. The average Bonchev–Trinajstić information content (AvgIpc) is 2.39. The highest BCUT2D eigenvalue weighted by atomic mass is 16.6. The highest BCUT2D eigenvalue weighted by molar-refractivity contribution is 5.76. The monoisotopic (exact) mass is 281 g/mol. The first-order chi connectivity index (χ1) is 9.56. The SMILES string of the molecule is CCNC(=O)CCNc1cc(OCC)cc([N+](=O)[O-])c1. The molecule has 7 heteroatoms. The van der Waals surface area contributed by atoms with Crippen LogP contribution in [0.1, 0.15) is 20.3 Å². The van der Waals surface area contributed by atoms with Gasteiger partial charge in [-0.3, -0.25) is 14.9 Å². The van der Waals surface area contributed by atoms with Crippen LogP contribution in [0.15, 0.2) is 18.2 Å². The molecule has 0 unspecified atom stereocenters. The van der Waals surface area contributed by atoms with Crippen LogP contribution in [0.4, 0.5) is 11.4 Å². The number of benzene rings is 1. The fourth-order valence-corrected chi connectivity index (χ4v) is 1.65. The lowest BCUT2D eigenvalue weighted by Gasteiger charge is -2.09. The molecule has 1 amide bonds. The molecule has 0 heterocycles. The van der Waals surface area contributed by atoms with Gasteiger partial charge in [0.05, 0.1) is 17.6 Å². The van der Waals surface area contributed by atoms with Crippen molar-refractivity contribution in [3.05, 3.63) is 28.3 Å². The van der Waals surface area contributed by atoms with E-state index in [4.69, 9.17) is 4.74 Å². The number of non-ortho nitro benzene ring substituents is 1. The maximum atomic E-state index is 11.3. The molecule has 1 aromatic rings. The standard InChI is InChI=1S/C13H19N3O4/c1-3-14-13(17)5-6-15-10-7-11(16(18)19)9-12(8-10)20-4-2/h7-9,15H,3-6H2,1-2H3,(H,14,17). The number of hydrogen-bond acceptors (Lipinski definition) is 5. The summed E-state index contributed by atoms with van der Waals surface area (Å²) in [5, 5.41) is 16.5. The summed E-state index contributed by atoms with van der Waals surface area (Å²) in [4.78, 5) is 21.7. The minimum Gasteiger partial charge on any atom is -0.494 e. The molecule has 7 nitrogen and oxygen atoms in total. The minimum atomic E-state index is -0.475. The Bertz CT molecular complexity index is 477. The zero-order valence-corrected chi connectivity index (χ0v) is 11.6. The number of nitrogens with one attached hydrogen (secondary N) is 2. The first-order valence-corrected chi connectivity index (χ1v) is 6.49. The van der Waals surface area contributed by atoms with Crippen LogP contribution in [-0.4, -0.2) is 30.5 Å². The normalized spacial score (nSPS) is 9.90. The number of ether oxygens (including phenoxy) is 1. The van der Waals surface area contributed by atoms with Crippen molar-refractivity contribution in [2.24, 2.45) is 0 Å². The number of anilines is 1. The van der Waals surface area contributed by atoms with Crippen molar-refractivity contribution in [2.45, 2.75) is 20.3 Å². The van der Waals surface area contributed by atoms with Crippen molar-refractivity contribution in [2.75, 3.05) is 25.0 Å². The topological polar surface area (TPSA) is 93.5 Å². The van der Waals surface area contributed by atoms with Crippen molar-refractivity contribution < 1.29 is 14.5 Å². The molecule has 0 atom stereocenters. The maximum Gasteiger partial charge on any atom is 0.275 e. The molecular weight excluding hydrogens is 262 g/mol. The van der Waals surface area contributed by atoms with Gasteiger partial charge in [0.15, 0.2) is 0 Å². The Kier molecular flexibility index (Phi) is 6.28. The van der Waals surface area contributed by atoms with Crippen LogP contribution in [0.2, 0.25) is 0 Å². The Morgan fingerprint density at radius 1 is 1.35 bits per heavy atom. The molecule has 0 saturated carbocycles. The lowest BCUT2D eigenvalue weighted by molar-refractivity contribution is -0.384. The third-order valence-corrected chi connectivity index (χ3v) is 2.47. The summed E-state index contributed by atoms with van der Waals surface area (Å²) >= 11 is 0. The smallest absolute Gasteiger partial charge is 0.275 e. The first-order valence-electron chi connectivity index (χ1n) is 6.49. The predicted octanol–water partition coefficient (Wildman–Crippen LogP) is 1.93. The molecule has 2 N–H and O–H groups in total. The van der Waals surface area contributed by atoms with Gasteiger partial charge < -0.3 is 15.4 Å². The van der Waals surface area contributed by atoms with E-state index in [1.807, 2.05) is 6.92 Å². The molecule has 0 aliphatic heterocycles. The van der Waals surface area contributed by atoms with Gasteiger partial charge in [0.2, 0.25) is 5.91 Å². The number of nitro groups is 1. The van der Waals surface area contributed by atoms with Crippen molar-refractivity contribution in [1.82, 2.24) is 5.32 Å². The quantitative estimate of drug-likeness (QED) is 0.561. The second-order valence-electron chi connectivity index (χ2n) is 4.04. The van der Waals surface area contributed by atoms with E-state index in [9.17, 15) is 14.9 Å². The lowest BCUT2D eigenvalue weighted by atomic mass is 10.2. The van der Waals surface area contributed by atoms with Crippen molar-refractivity contribution >= 4 is 17.3 Å². The van der Waals surface area contributed by atoms with Crippen LogP contribution in [0.25, 0.3) is 0 Å². The zero-order chi connectivity index (χ0) is 15.0. The van der Waals surface area contributed by atoms with Crippen LogP contribution in [-0.2, 0) is 4.79 Å². The number of amides is 1. The highest BCUT2D eigenvalue weighted by Gasteiger charge is 2.10. The average molecular weight is 281 g/mol. The Balaban J connectivity index is 2.68. The first kappa shape index (κ1) is 15.7. The molecule has 1 rings (SSSR count).